The van der Waals surface area contributed by atoms with E-state index in [1.165, 1.54) is 17.0 Å². The van der Waals surface area contributed by atoms with Crippen LogP contribution in [0.4, 0.5) is 23.7 Å². The first-order valence-corrected chi connectivity index (χ1v) is 7.74. The molecule has 2 aliphatic rings. The fraction of sp³-hybridized carbons (Fsp3) is 0.500. The van der Waals surface area contributed by atoms with Crippen LogP contribution in [0.2, 0.25) is 0 Å². The molecule has 0 radical (unpaired) electrons. The zero-order valence-electron chi connectivity index (χ0n) is 13.1. The van der Waals surface area contributed by atoms with E-state index in [-0.39, 0.29) is 23.4 Å². The van der Waals surface area contributed by atoms with Crippen LogP contribution in [0.25, 0.3) is 0 Å². The van der Waals surface area contributed by atoms with Crippen molar-refractivity contribution in [3.05, 3.63) is 29.8 Å². The normalized spacial score (nSPS) is 24.1. The Bertz CT molecular complexity index is 662. The molecule has 2 heterocycles. The van der Waals surface area contributed by atoms with Crippen LogP contribution in [0.15, 0.2) is 24.3 Å². The van der Waals surface area contributed by atoms with E-state index in [4.69, 9.17) is 0 Å². The Kier molecular flexibility index (Phi) is 4.15. The molecule has 130 valence electrons. The van der Waals surface area contributed by atoms with Gasteiger partial charge in [0.1, 0.15) is 0 Å². The van der Waals surface area contributed by atoms with Crippen molar-refractivity contribution in [2.24, 2.45) is 11.8 Å². The summed E-state index contributed by atoms with van der Waals surface area (Å²) in [7, 11) is 1.74. The Labute approximate surface area is 137 Å². The van der Waals surface area contributed by atoms with Crippen molar-refractivity contribution >= 4 is 17.6 Å². The maximum atomic E-state index is 12.7. The molecule has 8 heteroatoms. The number of urea groups is 1. The molecule has 2 saturated heterocycles. The molecule has 1 N–H and O–H groups in total. The second-order valence-electron chi connectivity index (χ2n) is 6.33. The van der Waals surface area contributed by atoms with Crippen LogP contribution in [0, 0.1) is 11.8 Å². The van der Waals surface area contributed by atoms with Gasteiger partial charge in [-0.05, 0) is 30.5 Å². The fourth-order valence-corrected chi connectivity index (χ4v) is 3.34. The minimum absolute atomic E-state index is 0.0284. The summed E-state index contributed by atoms with van der Waals surface area (Å²) in [4.78, 5) is 27.6. The van der Waals surface area contributed by atoms with E-state index in [2.05, 4.69) is 5.32 Å². The van der Waals surface area contributed by atoms with Crippen molar-refractivity contribution in [1.82, 2.24) is 9.80 Å². The van der Waals surface area contributed by atoms with E-state index in [1.54, 1.807) is 11.9 Å². The first kappa shape index (κ1) is 16.6. The lowest BCUT2D eigenvalue weighted by Gasteiger charge is -2.30. The Morgan fingerprint density at radius 3 is 2.75 bits per heavy atom. The number of halogens is 3. The molecule has 2 atom stereocenters. The number of rotatable bonds is 1. The largest absolute Gasteiger partial charge is 0.416 e. The zero-order chi connectivity index (χ0) is 17.5. The number of anilines is 1. The molecule has 1 aromatic carbocycles. The van der Waals surface area contributed by atoms with Crippen molar-refractivity contribution in [2.75, 3.05) is 32.0 Å². The molecule has 3 rings (SSSR count). The van der Waals surface area contributed by atoms with Crippen molar-refractivity contribution < 1.29 is 22.8 Å². The SMILES string of the molecule is CN1CC[C@@H]2CN(C(=O)Nc3cccc(C(F)(F)F)c3)C[C@@H]2C1=O. The Morgan fingerprint density at radius 1 is 1.29 bits per heavy atom. The van der Waals surface area contributed by atoms with E-state index >= 15 is 0 Å². The highest BCUT2D eigenvalue weighted by Crippen LogP contribution is 2.33. The third-order valence-corrected chi connectivity index (χ3v) is 4.70. The predicted octanol–water partition coefficient (Wildman–Crippen LogP) is 2.65. The number of benzene rings is 1. The lowest BCUT2D eigenvalue weighted by Crippen LogP contribution is -2.42. The number of hydrogen-bond acceptors (Lipinski definition) is 2. The standard InChI is InChI=1S/C16H18F3N3O2/c1-21-6-5-10-8-22(9-13(10)14(21)23)15(24)20-12-4-2-3-11(7-12)16(17,18)19/h2-4,7,10,13H,5-6,8-9H2,1H3,(H,20,24)/t10-,13+/m1/s1. The highest BCUT2D eigenvalue weighted by atomic mass is 19.4. The van der Waals surface area contributed by atoms with Crippen LogP contribution < -0.4 is 5.32 Å². The molecule has 24 heavy (non-hydrogen) atoms. The van der Waals surface area contributed by atoms with Gasteiger partial charge in [0.25, 0.3) is 0 Å². The first-order chi connectivity index (χ1) is 11.3. The third-order valence-electron chi connectivity index (χ3n) is 4.70. The van der Waals surface area contributed by atoms with Crippen molar-refractivity contribution in [3.8, 4) is 0 Å². The number of fused-ring (bicyclic) bond motifs is 1. The highest BCUT2D eigenvalue weighted by Gasteiger charge is 2.43. The smallest absolute Gasteiger partial charge is 0.345 e. The average molecular weight is 341 g/mol. The minimum Gasteiger partial charge on any atom is -0.345 e. The number of nitrogens with zero attached hydrogens (tertiary/aromatic N) is 2. The molecule has 0 aliphatic carbocycles. The number of amides is 3. The zero-order valence-corrected chi connectivity index (χ0v) is 13.1. The van der Waals surface area contributed by atoms with Gasteiger partial charge in [0.2, 0.25) is 5.91 Å². The second kappa shape index (κ2) is 5.99. The molecule has 0 saturated carbocycles. The maximum Gasteiger partial charge on any atom is 0.416 e. The molecule has 3 amide bonds. The van der Waals surface area contributed by atoms with Gasteiger partial charge in [-0.2, -0.15) is 13.2 Å². The summed E-state index contributed by atoms with van der Waals surface area (Å²) >= 11 is 0. The van der Waals surface area contributed by atoms with Gasteiger partial charge in [-0.25, -0.2) is 4.79 Å². The van der Waals surface area contributed by atoms with Gasteiger partial charge < -0.3 is 15.1 Å². The summed E-state index contributed by atoms with van der Waals surface area (Å²) in [5, 5.41) is 2.49. The lowest BCUT2D eigenvalue weighted by molar-refractivity contribution is -0.138. The predicted molar refractivity (Wildman–Crippen MR) is 81.3 cm³/mol. The molecule has 0 bridgehead atoms. The lowest BCUT2D eigenvalue weighted by atomic mass is 9.88. The van der Waals surface area contributed by atoms with Crippen molar-refractivity contribution in [1.29, 1.82) is 0 Å². The second-order valence-corrected chi connectivity index (χ2v) is 6.33. The quantitative estimate of drug-likeness (QED) is 0.854. The van der Waals surface area contributed by atoms with Crippen molar-refractivity contribution in [2.45, 2.75) is 12.6 Å². The van der Waals surface area contributed by atoms with Crippen LogP contribution in [-0.2, 0) is 11.0 Å². The topological polar surface area (TPSA) is 52.6 Å². The summed E-state index contributed by atoms with van der Waals surface area (Å²) in [5.74, 6) is -0.0578. The van der Waals surface area contributed by atoms with E-state index in [0.717, 1.165) is 18.6 Å². The molecule has 0 spiro atoms. The number of piperidine rings is 1. The summed E-state index contributed by atoms with van der Waals surface area (Å²) in [6.07, 6.45) is -3.62. The number of carbonyl (C=O) groups is 2. The summed E-state index contributed by atoms with van der Waals surface area (Å²) in [6.45, 7) is 1.43. The Morgan fingerprint density at radius 2 is 2.04 bits per heavy atom. The molecular weight excluding hydrogens is 323 g/mol. The van der Waals surface area contributed by atoms with Gasteiger partial charge in [-0.1, -0.05) is 6.07 Å². The number of alkyl halides is 3. The minimum atomic E-state index is -4.46. The number of nitrogens with one attached hydrogen (secondary N) is 1. The molecular formula is C16H18F3N3O2. The van der Waals surface area contributed by atoms with Gasteiger partial charge in [0.05, 0.1) is 11.5 Å². The maximum absolute atomic E-state index is 12.7. The summed E-state index contributed by atoms with van der Waals surface area (Å²) < 4.78 is 38.2. The van der Waals surface area contributed by atoms with Crippen LogP contribution in [0.5, 0.6) is 0 Å². The summed E-state index contributed by atoms with van der Waals surface area (Å²) in [6, 6.07) is 4.05. The van der Waals surface area contributed by atoms with Crippen molar-refractivity contribution in [3.63, 3.8) is 0 Å². The molecule has 1 aromatic rings. The molecule has 0 unspecified atom stereocenters. The van der Waals surface area contributed by atoms with E-state index < -0.39 is 17.8 Å². The number of likely N-dealkylation sites (tertiary alicyclic amines) is 2. The Balaban J connectivity index is 1.67. The Hall–Kier alpha value is -2.25. The van der Waals surface area contributed by atoms with E-state index in [1.807, 2.05) is 0 Å². The van der Waals surface area contributed by atoms with Gasteiger partial charge in [-0.15, -0.1) is 0 Å². The van der Waals surface area contributed by atoms with E-state index in [0.29, 0.717) is 19.6 Å². The van der Waals surface area contributed by atoms with Crippen LogP contribution in [-0.4, -0.2) is 48.4 Å². The molecule has 2 fully saturated rings. The van der Waals surface area contributed by atoms with Gasteiger partial charge in [0.15, 0.2) is 0 Å². The molecule has 2 aliphatic heterocycles. The first-order valence-electron chi connectivity index (χ1n) is 7.74. The van der Waals surface area contributed by atoms with Crippen LogP contribution in [0.1, 0.15) is 12.0 Å². The highest BCUT2D eigenvalue weighted by molar-refractivity contribution is 5.90. The molecule has 5 nitrogen and oxygen atoms in total. The summed E-state index contributed by atoms with van der Waals surface area (Å²) in [5.41, 5.74) is -0.722. The van der Waals surface area contributed by atoms with Gasteiger partial charge in [-0.3, -0.25) is 4.79 Å². The van der Waals surface area contributed by atoms with Crippen LogP contribution >= 0.6 is 0 Å². The fourth-order valence-electron chi connectivity index (χ4n) is 3.34. The third kappa shape index (κ3) is 3.18. The number of carbonyl (C=O) groups excluding carboxylic acids is 2. The van der Waals surface area contributed by atoms with E-state index in [9.17, 15) is 22.8 Å². The molecule has 0 aromatic heterocycles. The van der Waals surface area contributed by atoms with Crippen LogP contribution in [0.3, 0.4) is 0 Å². The monoisotopic (exact) mass is 341 g/mol. The van der Waals surface area contributed by atoms with Gasteiger partial charge >= 0.3 is 12.2 Å². The number of hydrogen-bond donors (Lipinski definition) is 1. The average Bonchev–Trinajstić information content (AvgIpc) is 2.95. The van der Waals surface area contributed by atoms with Gasteiger partial charge in [0, 0.05) is 32.4 Å².